The van der Waals surface area contributed by atoms with Crippen molar-refractivity contribution in [3.63, 3.8) is 0 Å². The van der Waals surface area contributed by atoms with Crippen LogP contribution in [0.3, 0.4) is 0 Å². The van der Waals surface area contributed by atoms with Crippen LogP contribution in [0, 0.1) is 0 Å². The topological polar surface area (TPSA) is 9.23 Å². The van der Waals surface area contributed by atoms with Gasteiger partial charge in [0, 0.05) is 5.56 Å². The molecule has 43 heavy (non-hydrogen) atoms. The molecule has 0 radical (unpaired) electrons. The largest absolute Gasteiger partial charge is 0.484 e. The molecule has 0 spiro atoms. The highest BCUT2D eigenvalue weighted by Gasteiger charge is 2.38. The third kappa shape index (κ3) is 3.65. The summed E-state index contributed by atoms with van der Waals surface area (Å²) >= 11 is 0. The number of hydrogen-bond donors (Lipinski definition) is 0. The Morgan fingerprint density at radius 2 is 0.953 bits per heavy atom. The minimum absolute atomic E-state index is 0.0517. The number of para-hydroxylation sites is 1. The summed E-state index contributed by atoms with van der Waals surface area (Å²) in [4.78, 5) is 0. The summed E-state index contributed by atoms with van der Waals surface area (Å²) in [5.74, 6) is 1.02. The molecule has 0 saturated heterocycles. The molecule has 1 heteroatoms. The molecule has 0 aromatic heterocycles. The van der Waals surface area contributed by atoms with Crippen LogP contribution in [0.5, 0.6) is 5.75 Å². The Balaban J connectivity index is 1.42. The number of fused-ring (bicyclic) bond motifs is 6. The molecule has 0 amide bonds. The van der Waals surface area contributed by atoms with E-state index < -0.39 is 0 Å². The quantitative estimate of drug-likeness (QED) is 0.158. The molecular formula is C42H28O. The maximum absolute atomic E-state index is 6.78. The van der Waals surface area contributed by atoms with Gasteiger partial charge in [0.1, 0.15) is 11.9 Å². The van der Waals surface area contributed by atoms with Gasteiger partial charge in [-0.2, -0.15) is 0 Å². The average Bonchev–Trinajstić information content (AvgIpc) is 3.46. The maximum Gasteiger partial charge on any atom is 0.135 e. The van der Waals surface area contributed by atoms with Gasteiger partial charge in [0.2, 0.25) is 0 Å². The fraction of sp³-hybridized carbons (Fsp3) is 0.0476. The normalized spacial score (nSPS) is 16.1. The van der Waals surface area contributed by atoms with E-state index in [9.17, 15) is 0 Å². The van der Waals surface area contributed by atoms with Crippen LogP contribution in [0.2, 0.25) is 0 Å². The van der Waals surface area contributed by atoms with Gasteiger partial charge in [-0.3, -0.25) is 0 Å². The van der Waals surface area contributed by atoms with E-state index in [-0.39, 0.29) is 12.0 Å². The Kier molecular flexibility index (Phi) is 5.39. The first-order valence-electron chi connectivity index (χ1n) is 15.0. The second-order valence-corrected chi connectivity index (χ2v) is 11.5. The number of hydrogen-bond acceptors (Lipinski definition) is 1. The Labute approximate surface area is 250 Å². The lowest BCUT2D eigenvalue weighted by Gasteiger charge is -2.25. The Bertz CT molecular complexity index is 2280. The van der Waals surface area contributed by atoms with E-state index in [1.807, 2.05) is 0 Å². The third-order valence-corrected chi connectivity index (χ3v) is 9.26. The van der Waals surface area contributed by atoms with Crippen molar-refractivity contribution >= 4 is 43.1 Å². The first-order valence-corrected chi connectivity index (χ1v) is 15.0. The van der Waals surface area contributed by atoms with E-state index in [0.29, 0.717) is 0 Å². The fourth-order valence-corrected chi connectivity index (χ4v) is 7.47. The van der Waals surface area contributed by atoms with Crippen molar-refractivity contribution in [2.75, 3.05) is 0 Å². The average molecular weight is 549 g/mol. The van der Waals surface area contributed by atoms with E-state index >= 15 is 0 Å². The Morgan fingerprint density at radius 1 is 0.419 bits per heavy atom. The minimum Gasteiger partial charge on any atom is -0.484 e. The van der Waals surface area contributed by atoms with Crippen molar-refractivity contribution < 1.29 is 4.74 Å². The molecule has 1 nitrogen and oxygen atoms in total. The summed E-state index contributed by atoms with van der Waals surface area (Å²) in [6, 6.07) is 57.3. The fourth-order valence-electron chi connectivity index (χ4n) is 7.47. The highest BCUT2D eigenvalue weighted by atomic mass is 16.5. The standard InChI is InChI=1S/C42H28O/c1-2-14-27(15-3-1)42-41(36-24-12-13-25-38(36)43-42)40-34-22-10-8-20-32(34)39(33-21-9-11-23-35(33)40)37-26-28-16-4-5-17-29(28)30-18-6-7-19-31(30)37/h1-26,41-42H. The van der Waals surface area contributed by atoms with Crippen LogP contribution >= 0.6 is 0 Å². The van der Waals surface area contributed by atoms with Crippen molar-refractivity contribution in [2.24, 2.45) is 0 Å². The van der Waals surface area contributed by atoms with Gasteiger partial charge in [-0.05, 0) is 77.5 Å². The van der Waals surface area contributed by atoms with Crippen LogP contribution in [0.15, 0.2) is 158 Å². The van der Waals surface area contributed by atoms with Crippen LogP contribution in [0.25, 0.3) is 54.2 Å². The van der Waals surface area contributed by atoms with Crippen LogP contribution in [0.4, 0.5) is 0 Å². The van der Waals surface area contributed by atoms with Gasteiger partial charge in [-0.1, -0.05) is 146 Å². The molecular weight excluding hydrogens is 520 g/mol. The molecule has 0 saturated carbocycles. The molecule has 0 fully saturated rings. The van der Waals surface area contributed by atoms with E-state index in [4.69, 9.17) is 4.74 Å². The molecule has 202 valence electrons. The van der Waals surface area contributed by atoms with Crippen LogP contribution in [0.1, 0.15) is 28.7 Å². The zero-order chi connectivity index (χ0) is 28.3. The lowest BCUT2D eigenvalue weighted by molar-refractivity contribution is 0.223. The van der Waals surface area contributed by atoms with Crippen LogP contribution in [-0.4, -0.2) is 0 Å². The Hall–Kier alpha value is -5.40. The molecule has 1 aliphatic rings. The molecule has 2 atom stereocenters. The minimum atomic E-state index is -0.113. The molecule has 0 bridgehead atoms. The van der Waals surface area contributed by atoms with Gasteiger partial charge in [-0.15, -0.1) is 0 Å². The van der Waals surface area contributed by atoms with Crippen molar-refractivity contribution in [1.82, 2.24) is 0 Å². The van der Waals surface area contributed by atoms with Gasteiger partial charge in [0.25, 0.3) is 0 Å². The summed E-state index contributed by atoms with van der Waals surface area (Å²) < 4.78 is 6.78. The maximum atomic E-state index is 6.78. The zero-order valence-electron chi connectivity index (χ0n) is 23.6. The molecule has 8 aromatic carbocycles. The van der Waals surface area contributed by atoms with Crippen molar-refractivity contribution in [3.05, 3.63) is 174 Å². The van der Waals surface area contributed by atoms with Gasteiger partial charge < -0.3 is 4.74 Å². The van der Waals surface area contributed by atoms with Gasteiger partial charge in [0.15, 0.2) is 0 Å². The second kappa shape index (κ2) is 9.58. The zero-order valence-corrected chi connectivity index (χ0v) is 23.6. The lowest BCUT2D eigenvalue weighted by atomic mass is 9.78. The van der Waals surface area contributed by atoms with Crippen LogP contribution in [-0.2, 0) is 0 Å². The van der Waals surface area contributed by atoms with E-state index in [1.54, 1.807) is 0 Å². The molecule has 2 unspecified atom stereocenters. The number of ether oxygens (including phenoxy) is 1. The summed E-state index contributed by atoms with van der Waals surface area (Å²) in [5.41, 5.74) is 6.34. The first-order chi connectivity index (χ1) is 21.4. The number of benzene rings is 8. The molecule has 1 heterocycles. The van der Waals surface area contributed by atoms with Crippen LogP contribution < -0.4 is 4.74 Å². The highest BCUT2D eigenvalue weighted by molar-refractivity contribution is 6.22. The number of rotatable bonds is 3. The molecule has 0 aliphatic carbocycles. The molecule has 9 rings (SSSR count). The molecule has 1 aliphatic heterocycles. The summed E-state index contributed by atoms with van der Waals surface area (Å²) in [7, 11) is 0. The molecule has 0 N–H and O–H groups in total. The van der Waals surface area contributed by atoms with Crippen molar-refractivity contribution in [2.45, 2.75) is 12.0 Å². The summed E-state index contributed by atoms with van der Waals surface area (Å²) in [6.07, 6.45) is -0.113. The van der Waals surface area contributed by atoms with E-state index in [2.05, 4.69) is 158 Å². The summed E-state index contributed by atoms with van der Waals surface area (Å²) in [5, 5.41) is 10.2. The lowest BCUT2D eigenvalue weighted by Crippen LogP contribution is -2.12. The van der Waals surface area contributed by atoms with Gasteiger partial charge >= 0.3 is 0 Å². The first kappa shape index (κ1) is 24.2. The predicted molar refractivity (Wildman–Crippen MR) is 180 cm³/mol. The smallest absolute Gasteiger partial charge is 0.135 e. The summed E-state index contributed by atoms with van der Waals surface area (Å²) in [6.45, 7) is 0. The molecule has 8 aromatic rings. The second-order valence-electron chi connectivity index (χ2n) is 11.5. The van der Waals surface area contributed by atoms with Gasteiger partial charge in [-0.25, -0.2) is 0 Å². The van der Waals surface area contributed by atoms with E-state index in [0.717, 1.165) is 5.75 Å². The van der Waals surface area contributed by atoms with E-state index in [1.165, 1.54) is 70.9 Å². The third-order valence-electron chi connectivity index (χ3n) is 9.26. The SMILES string of the molecule is c1ccc(C2Oc3ccccc3C2c2c3ccccc3c(-c3cc4ccccc4c4ccccc34)c3ccccc23)cc1. The highest BCUT2D eigenvalue weighted by Crippen LogP contribution is 2.54. The van der Waals surface area contributed by atoms with Gasteiger partial charge in [0.05, 0.1) is 5.92 Å². The monoisotopic (exact) mass is 548 g/mol. The van der Waals surface area contributed by atoms with Crippen molar-refractivity contribution in [3.8, 4) is 16.9 Å². The van der Waals surface area contributed by atoms with Crippen molar-refractivity contribution in [1.29, 1.82) is 0 Å². The predicted octanol–water partition coefficient (Wildman–Crippen LogP) is 11.2. The Morgan fingerprint density at radius 3 is 1.67 bits per heavy atom.